The highest BCUT2D eigenvalue weighted by Crippen LogP contribution is 2.36. The third-order valence-electron chi connectivity index (χ3n) is 3.96. The summed E-state index contributed by atoms with van der Waals surface area (Å²) in [6, 6.07) is 13.0. The predicted molar refractivity (Wildman–Crippen MR) is 90.0 cm³/mol. The number of carbonyl (C=O) groups is 1. The smallest absolute Gasteiger partial charge is 0.268 e. The van der Waals surface area contributed by atoms with Gasteiger partial charge in [0.15, 0.2) is 6.10 Å². The van der Waals surface area contributed by atoms with Gasteiger partial charge in [-0.05, 0) is 36.8 Å². The number of nitrogens with two attached hydrogens (primary N) is 1. The summed E-state index contributed by atoms with van der Waals surface area (Å²) in [5.74, 6) is 1.38. The quantitative estimate of drug-likeness (QED) is 0.882. The van der Waals surface area contributed by atoms with Crippen LogP contribution < -0.4 is 20.1 Å². The van der Waals surface area contributed by atoms with Crippen molar-refractivity contribution in [3.8, 4) is 11.5 Å². The normalized spacial score (nSPS) is 16.7. The van der Waals surface area contributed by atoms with E-state index in [2.05, 4.69) is 0 Å². The molecule has 0 aromatic heterocycles. The van der Waals surface area contributed by atoms with Gasteiger partial charge in [0, 0.05) is 24.7 Å². The highest BCUT2D eigenvalue weighted by Gasteiger charge is 2.33. The van der Waals surface area contributed by atoms with E-state index in [9.17, 15) is 4.79 Å². The summed E-state index contributed by atoms with van der Waals surface area (Å²) in [5.41, 5.74) is 8.22. The molecule has 0 saturated carbocycles. The number of nitrogens with zero attached hydrogens (tertiary/aromatic N) is 1. The van der Waals surface area contributed by atoms with E-state index in [0.29, 0.717) is 24.4 Å². The average Bonchev–Trinajstić information content (AvgIpc) is 2.56. The molecule has 1 heterocycles. The molecule has 1 atom stereocenters. The predicted octanol–water partition coefficient (Wildman–Crippen LogP) is 2.63. The van der Waals surface area contributed by atoms with Crippen molar-refractivity contribution in [1.29, 1.82) is 0 Å². The molecule has 0 aliphatic carbocycles. The third kappa shape index (κ3) is 2.95. The van der Waals surface area contributed by atoms with Gasteiger partial charge in [-0.3, -0.25) is 4.79 Å². The van der Waals surface area contributed by atoms with Crippen molar-refractivity contribution in [2.45, 2.75) is 19.4 Å². The number of likely N-dealkylation sites (N-methyl/N-ethyl adjacent to an activating group) is 1. The van der Waals surface area contributed by atoms with Crippen LogP contribution in [0.4, 0.5) is 11.4 Å². The summed E-state index contributed by atoms with van der Waals surface area (Å²) in [4.78, 5) is 14.4. The van der Waals surface area contributed by atoms with Crippen LogP contribution in [0.2, 0.25) is 0 Å². The SMILES string of the molecule is CCN1C(=O)C(Cc2cccc(OC)c2)Oc2cc(N)ccc21. The Morgan fingerprint density at radius 1 is 1.26 bits per heavy atom. The van der Waals surface area contributed by atoms with Gasteiger partial charge in [-0.1, -0.05) is 12.1 Å². The van der Waals surface area contributed by atoms with Gasteiger partial charge in [-0.2, -0.15) is 0 Å². The zero-order chi connectivity index (χ0) is 16.4. The number of hydrogen-bond acceptors (Lipinski definition) is 4. The van der Waals surface area contributed by atoms with Gasteiger partial charge in [-0.15, -0.1) is 0 Å². The van der Waals surface area contributed by atoms with Crippen molar-refractivity contribution in [2.24, 2.45) is 0 Å². The van der Waals surface area contributed by atoms with Crippen LogP contribution in [0.1, 0.15) is 12.5 Å². The van der Waals surface area contributed by atoms with E-state index in [0.717, 1.165) is 17.0 Å². The van der Waals surface area contributed by atoms with Crippen LogP contribution in [-0.2, 0) is 11.2 Å². The Bertz CT molecular complexity index is 730. The first kappa shape index (κ1) is 15.2. The van der Waals surface area contributed by atoms with Crippen LogP contribution >= 0.6 is 0 Å². The van der Waals surface area contributed by atoms with Gasteiger partial charge in [0.1, 0.15) is 11.5 Å². The molecule has 1 aliphatic rings. The van der Waals surface area contributed by atoms with Crippen molar-refractivity contribution < 1.29 is 14.3 Å². The van der Waals surface area contributed by atoms with Crippen molar-refractivity contribution in [2.75, 3.05) is 24.3 Å². The average molecular weight is 312 g/mol. The molecule has 23 heavy (non-hydrogen) atoms. The molecule has 0 radical (unpaired) electrons. The molecule has 1 aliphatic heterocycles. The number of fused-ring (bicyclic) bond motifs is 1. The highest BCUT2D eigenvalue weighted by atomic mass is 16.5. The number of nitrogen functional groups attached to an aromatic ring is 1. The largest absolute Gasteiger partial charge is 0.497 e. The summed E-state index contributed by atoms with van der Waals surface area (Å²) in [7, 11) is 1.62. The van der Waals surface area contributed by atoms with Crippen LogP contribution in [0.25, 0.3) is 0 Å². The molecular formula is C18H20N2O3. The van der Waals surface area contributed by atoms with Gasteiger partial charge in [-0.25, -0.2) is 0 Å². The molecule has 0 saturated heterocycles. The maximum Gasteiger partial charge on any atom is 0.268 e. The van der Waals surface area contributed by atoms with Gasteiger partial charge >= 0.3 is 0 Å². The fourth-order valence-corrected chi connectivity index (χ4v) is 2.81. The van der Waals surface area contributed by atoms with Gasteiger partial charge < -0.3 is 20.1 Å². The molecule has 120 valence electrons. The lowest BCUT2D eigenvalue weighted by atomic mass is 10.0. The van der Waals surface area contributed by atoms with E-state index in [1.54, 1.807) is 24.1 Å². The minimum atomic E-state index is -0.559. The minimum Gasteiger partial charge on any atom is -0.497 e. The van der Waals surface area contributed by atoms with Crippen molar-refractivity contribution in [3.05, 3.63) is 48.0 Å². The fourth-order valence-electron chi connectivity index (χ4n) is 2.81. The molecule has 5 nitrogen and oxygen atoms in total. The number of hydrogen-bond donors (Lipinski definition) is 1. The molecule has 2 N–H and O–H groups in total. The first-order valence-corrected chi connectivity index (χ1v) is 7.63. The molecule has 2 aromatic carbocycles. The first-order chi connectivity index (χ1) is 11.1. The molecule has 1 unspecified atom stereocenters. The molecule has 2 aromatic rings. The van der Waals surface area contributed by atoms with Crippen LogP contribution in [0.15, 0.2) is 42.5 Å². The lowest BCUT2D eigenvalue weighted by Gasteiger charge is -2.34. The van der Waals surface area contributed by atoms with Crippen LogP contribution in [0.5, 0.6) is 11.5 Å². The Balaban J connectivity index is 1.89. The Labute approximate surface area is 135 Å². The number of rotatable bonds is 4. The number of amides is 1. The van der Waals surface area contributed by atoms with Crippen LogP contribution in [0.3, 0.4) is 0 Å². The monoisotopic (exact) mass is 312 g/mol. The van der Waals surface area contributed by atoms with Gasteiger partial charge in [0.2, 0.25) is 0 Å². The maximum absolute atomic E-state index is 12.7. The lowest BCUT2D eigenvalue weighted by Crippen LogP contribution is -2.46. The number of ether oxygens (including phenoxy) is 2. The van der Waals surface area contributed by atoms with Crippen molar-refractivity contribution in [1.82, 2.24) is 0 Å². The Morgan fingerprint density at radius 3 is 2.83 bits per heavy atom. The van der Waals surface area contributed by atoms with E-state index in [1.165, 1.54) is 0 Å². The molecule has 0 fully saturated rings. The standard InChI is InChI=1S/C18H20N2O3/c1-3-20-15-8-7-13(19)11-16(15)23-17(18(20)21)10-12-5-4-6-14(9-12)22-2/h4-9,11,17H,3,10,19H2,1-2H3. The second-order valence-corrected chi connectivity index (χ2v) is 5.47. The topological polar surface area (TPSA) is 64.8 Å². The number of benzene rings is 2. The Morgan fingerprint density at radius 2 is 2.09 bits per heavy atom. The molecule has 5 heteroatoms. The third-order valence-corrected chi connectivity index (χ3v) is 3.96. The van der Waals surface area contributed by atoms with E-state index in [4.69, 9.17) is 15.2 Å². The summed E-state index contributed by atoms with van der Waals surface area (Å²) >= 11 is 0. The second-order valence-electron chi connectivity index (χ2n) is 5.47. The summed E-state index contributed by atoms with van der Waals surface area (Å²) in [6.45, 7) is 2.54. The summed E-state index contributed by atoms with van der Waals surface area (Å²) in [5, 5.41) is 0. The zero-order valence-electron chi connectivity index (χ0n) is 13.3. The highest BCUT2D eigenvalue weighted by molar-refractivity contribution is 6.00. The van der Waals surface area contributed by atoms with Crippen molar-refractivity contribution >= 4 is 17.3 Å². The molecule has 1 amide bonds. The molecule has 3 rings (SSSR count). The van der Waals surface area contributed by atoms with E-state index in [1.807, 2.05) is 37.3 Å². The van der Waals surface area contributed by atoms with Crippen molar-refractivity contribution in [3.63, 3.8) is 0 Å². The maximum atomic E-state index is 12.7. The second kappa shape index (κ2) is 6.20. The number of carbonyl (C=O) groups excluding carboxylic acids is 1. The molecule has 0 bridgehead atoms. The zero-order valence-corrected chi connectivity index (χ0v) is 13.3. The van der Waals surface area contributed by atoms with Crippen LogP contribution in [0, 0.1) is 0 Å². The number of methoxy groups -OCH3 is 1. The molecule has 0 spiro atoms. The summed E-state index contributed by atoms with van der Waals surface area (Å²) < 4.78 is 11.2. The lowest BCUT2D eigenvalue weighted by molar-refractivity contribution is -0.126. The van der Waals surface area contributed by atoms with Gasteiger partial charge in [0.05, 0.1) is 12.8 Å². The van der Waals surface area contributed by atoms with E-state index < -0.39 is 6.10 Å². The van der Waals surface area contributed by atoms with Crippen LogP contribution in [-0.4, -0.2) is 25.7 Å². The Kier molecular flexibility index (Phi) is 4.10. The summed E-state index contributed by atoms with van der Waals surface area (Å²) in [6.07, 6.45) is -0.0721. The minimum absolute atomic E-state index is 0.0346. The van der Waals surface area contributed by atoms with E-state index in [-0.39, 0.29) is 5.91 Å². The van der Waals surface area contributed by atoms with E-state index >= 15 is 0 Å². The first-order valence-electron chi connectivity index (χ1n) is 7.63. The fraction of sp³-hybridized carbons (Fsp3) is 0.278. The number of anilines is 2. The Hall–Kier alpha value is -2.69. The molecular weight excluding hydrogens is 292 g/mol. The van der Waals surface area contributed by atoms with Gasteiger partial charge in [0.25, 0.3) is 5.91 Å².